The van der Waals surface area contributed by atoms with Crippen LogP contribution in [-0.4, -0.2) is 83.2 Å². The molecule has 0 saturated heterocycles. The molecule has 11 heteroatoms. The van der Waals surface area contributed by atoms with E-state index in [1.807, 2.05) is 42.2 Å². The van der Waals surface area contributed by atoms with E-state index in [1.165, 1.54) is 9.40 Å². The molecule has 0 aliphatic carbocycles. The number of aromatic nitrogens is 2. The van der Waals surface area contributed by atoms with Gasteiger partial charge in [0.1, 0.15) is 0 Å². The molecule has 0 fully saturated rings. The fraction of sp³-hybridized carbons (Fsp3) is 0.250. The number of benzene rings is 2. The van der Waals surface area contributed by atoms with E-state index in [2.05, 4.69) is 34.4 Å². The van der Waals surface area contributed by atoms with Gasteiger partial charge in [-0.2, -0.15) is 0 Å². The van der Waals surface area contributed by atoms with Crippen molar-refractivity contribution in [2.75, 3.05) is 56.8 Å². The molecular weight excluding hydrogens is 602 g/mol. The number of hydrogen-bond acceptors (Lipinski definition) is 8. The van der Waals surface area contributed by atoms with Gasteiger partial charge in [0.05, 0.1) is 0 Å². The third kappa shape index (κ3) is 5.33. The van der Waals surface area contributed by atoms with E-state index < -0.39 is 28.1 Å². The molecule has 3 aromatic rings. The van der Waals surface area contributed by atoms with Crippen LogP contribution in [0.2, 0.25) is 0 Å². The Morgan fingerprint density at radius 1 is 1.21 bits per heavy atom. The number of likely N-dealkylation sites (N-methyl/N-ethyl adjacent to an activating group) is 1. The zero-order valence-electron chi connectivity index (χ0n) is 22.2. The zero-order chi connectivity index (χ0) is 27.5. The second-order valence-corrected chi connectivity index (χ2v) is 17.4. The van der Waals surface area contributed by atoms with Crippen LogP contribution in [0.15, 0.2) is 64.6 Å². The molecular formula is C28H30FInN6O3. The van der Waals surface area contributed by atoms with Gasteiger partial charge in [0.15, 0.2) is 0 Å². The van der Waals surface area contributed by atoms with Crippen LogP contribution in [0, 0.1) is 0 Å². The number of nitrogens with one attached hydrogen (secondary N) is 2. The molecule has 9 nitrogen and oxygen atoms in total. The Bertz CT molecular complexity index is 1450. The van der Waals surface area contributed by atoms with Crippen molar-refractivity contribution in [1.29, 1.82) is 0 Å². The molecule has 2 aliphatic heterocycles. The number of hydrazine groups is 1. The Labute approximate surface area is 234 Å². The van der Waals surface area contributed by atoms with E-state index in [1.54, 1.807) is 25.4 Å². The number of carbonyl (C=O) groups excluding carboxylic acids is 1. The molecule has 0 atom stereocenters. The topological polar surface area (TPSA) is 91.9 Å². The number of fused-ring (bicyclic) bond motifs is 7. The second kappa shape index (κ2) is 11.7. The van der Waals surface area contributed by atoms with Crippen LogP contribution in [0.5, 0.6) is 11.5 Å². The maximum atomic E-state index is 13.9. The number of halogens is 1. The number of ether oxygens (including phenoxy) is 2. The van der Waals surface area contributed by atoms with Gasteiger partial charge < -0.3 is 0 Å². The Morgan fingerprint density at radius 3 is 2.77 bits per heavy atom. The van der Waals surface area contributed by atoms with Crippen molar-refractivity contribution >= 4 is 57.1 Å². The predicted octanol–water partition coefficient (Wildman–Crippen LogP) is 2.63. The van der Waals surface area contributed by atoms with Gasteiger partial charge in [-0.3, -0.25) is 0 Å². The summed E-state index contributed by atoms with van der Waals surface area (Å²) < 4.78 is 29.1. The Morgan fingerprint density at radius 2 is 2.03 bits per heavy atom. The minimum Gasteiger partial charge on any atom is -0.0136 e. The predicted molar refractivity (Wildman–Crippen MR) is 153 cm³/mol. The molecule has 2 aliphatic rings. The first-order valence-electron chi connectivity index (χ1n) is 12.7. The summed E-state index contributed by atoms with van der Waals surface area (Å²) in [4.78, 5) is 23.7. The van der Waals surface area contributed by atoms with Gasteiger partial charge in [-0.1, -0.05) is 0 Å². The molecule has 1 amide bonds. The molecule has 5 rings (SSSR count). The van der Waals surface area contributed by atoms with Gasteiger partial charge in [-0.15, -0.1) is 0 Å². The summed E-state index contributed by atoms with van der Waals surface area (Å²) in [5.41, 5.74) is 6.41. The fourth-order valence-electron chi connectivity index (χ4n) is 4.94. The average Bonchev–Trinajstić information content (AvgIpc) is 3.22. The van der Waals surface area contributed by atoms with Crippen LogP contribution < -0.4 is 32.0 Å². The van der Waals surface area contributed by atoms with Gasteiger partial charge >= 0.3 is 221 Å². The standard InChI is InChI=1S/C28H30FN6O3.In/c1-5-27(36)32-22-19-23(25(37-4)20-26(22)38-18-17-34(2)3)33-35(28-30-15-10-16-31-28)24(13-9-14-29)21-11-7-6-8-12-21;/h5-8,10-11,15,19-20,33H,1,9,14,17-18H2,2-4H3,(H,32,36);. The van der Waals surface area contributed by atoms with Crippen molar-refractivity contribution in [3.05, 3.63) is 70.2 Å². The van der Waals surface area contributed by atoms with E-state index in [-0.39, 0.29) is 5.91 Å². The smallest absolute Gasteiger partial charge is 0.0136 e. The number of allylic oxidation sites excluding steroid dienone is 1. The van der Waals surface area contributed by atoms with E-state index in [0.29, 0.717) is 48.4 Å². The SMILES string of the molecule is C=CC(=O)Nc1cc(NN2C3=[C](CCF)[In]([c]4ccnc2n4)[c]2ccccc23)c(OC)cc1OCCN(C)C. The van der Waals surface area contributed by atoms with Gasteiger partial charge in [0.2, 0.25) is 0 Å². The third-order valence-corrected chi connectivity index (χ3v) is 16.1. The first-order valence-corrected chi connectivity index (χ1v) is 17.6. The first kappa shape index (κ1) is 27.0. The normalized spacial score (nSPS) is 13.3. The fourth-order valence-corrected chi connectivity index (χ4v) is 14.6. The number of methoxy groups -OCH3 is 1. The van der Waals surface area contributed by atoms with Crippen molar-refractivity contribution < 1.29 is 18.7 Å². The molecule has 39 heavy (non-hydrogen) atoms. The minimum absolute atomic E-state index is 0.347. The molecule has 3 heterocycles. The Kier molecular flexibility index (Phi) is 8.08. The Balaban J connectivity index is 1.61. The van der Waals surface area contributed by atoms with Crippen molar-refractivity contribution in [1.82, 2.24) is 14.9 Å². The Hall–Kier alpha value is -3.57. The molecule has 0 radical (unpaired) electrons. The van der Waals surface area contributed by atoms with Gasteiger partial charge in [-0.05, 0) is 14.1 Å². The number of amides is 1. The summed E-state index contributed by atoms with van der Waals surface area (Å²) >= 11 is -2.83. The van der Waals surface area contributed by atoms with Crippen molar-refractivity contribution in [2.45, 2.75) is 6.42 Å². The molecule has 2 aromatic carbocycles. The molecule has 0 spiro atoms. The van der Waals surface area contributed by atoms with Gasteiger partial charge in [0.25, 0.3) is 0 Å². The van der Waals surface area contributed by atoms with E-state index in [9.17, 15) is 9.18 Å². The molecule has 2 N–H and O–H groups in total. The van der Waals surface area contributed by atoms with Crippen LogP contribution in [0.25, 0.3) is 5.70 Å². The number of anilines is 3. The zero-order valence-corrected chi connectivity index (χ0v) is 25.5. The van der Waals surface area contributed by atoms with E-state index in [0.717, 1.165) is 18.0 Å². The van der Waals surface area contributed by atoms with Crippen LogP contribution in [0.1, 0.15) is 12.0 Å². The van der Waals surface area contributed by atoms with Crippen LogP contribution in [0.4, 0.5) is 21.7 Å². The summed E-state index contributed by atoms with van der Waals surface area (Å²) in [5, 5.41) is 4.65. The second-order valence-electron chi connectivity index (χ2n) is 9.46. The van der Waals surface area contributed by atoms with Gasteiger partial charge in [-0.25, -0.2) is 0 Å². The molecule has 0 unspecified atom stereocenters. The number of alkyl halides is 1. The summed E-state index contributed by atoms with van der Waals surface area (Å²) in [5.74, 6) is 1.05. The number of carbonyl (C=O) groups is 1. The maximum absolute atomic E-state index is 13.9. The van der Waals surface area contributed by atoms with Crippen LogP contribution in [0.3, 0.4) is 0 Å². The monoisotopic (exact) mass is 632 g/mol. The van der Waals surface area contributed by atoms with Crippen molar-refractivity contribution in [3.8, 4) is 11.5 Å². The van der Waals surface area contributed by atoms with Gasteiger partial charge in [0, 0.05) is 0 Å². The molecule has 1 aromatic heterocycles. The van der Waals surface area contributed by atoms with Crippen LogP contribution in [-0.2, 0) is 4.79 Å². The summed E-state index contributed by atoms with van der Waals surface area (Å²) in [6.07, 6.45) is 3.31. The number of hydrogen-bond donors (Lipinski definition) is 2. The van der Waals surface area contributed by atoms with Crippen molar-refractivity contribution in [2.24, 2.45) is 0 Å². The molecule has 200 valence electrons. The third-order valence-electron chi connectivity index (χ3n) is 6.70. The minimum atomic E-state index is -2.83. The number of rotatable bonds is 11. The summed E-state index contributed by atoms with van der Waals surface area (Å²) in [6, 6.07) is 13.7. The van der Waals surface area contributed by atoms with Crippen molar-refractivity contribution in [3.63, 3.8) is 0 Å². The van der Waals surface area contributed by atoms with Crippen LogP contribution >= 0.6 is 0 Å². The first-order chi connectivity index (χ1) is 18.9. The average molecular weight is 632 g/mol. The summed E-state index contributed by atoms with van der Waals surface area (Å²) in [6.45, 7) is 4.22. The number of nitrogens with zero attached hydrogens (tertiary/aromatic N) is 4. The summed E-state index contributed by atoms with van der Waals surface area (Å²) in [7, 11) is 5.48. The quantitative estimate of drug-likeness (QED) is 0.312. The molecule has 4 bridgehead atoms. The van der Waals surface area contributed by atoms with E-state index in [4.69, 9.17) is 14.5 Å². The molecule has 0 saturated carbocycles. The van der Waals surface area contributed by atoms with E-state index >= 15 is 0 Å².